The van der Waals surface area contributed by atoms with Crippen molar-refractivity contribution in [2.45, 2.75) is 74.5 Å². The fraction of sp³-hybridized carbons (Fsp3) is 0.667. The Morgan fingerprint density at radius 1 is 1.17 bits per heavy atom. The van der Waals surface area contributed by atoms with Gasteiger partial charge in [-0.1, -0.05) is 25.3 Å². The number of rotatable bonds is 8. The highest BCUT2D eigenvalue weighted by atomic mass is 32.2. The van der Waals surface area contributed by atoms with Crippen molar-refractivity contribution in [3.05, 3.63) is 30.1 Å². The van der Waals surface area contributed by atoms with Crippen LogP contribution in [-0.4, -0.2) is 50.8 Å². The summed E-state index contributed by atoms with van der Waals surface area (Å²) in [5, 5.41) is 12.7. The van der Waals surface area contributed by atoms with Crippen LogP contribution in [0.4, 0.5) is 4.39 Å². The zero-order valence-corrected chi connectivity index (χ0v) is 17.9. The second kappa shape index (κ2) is 10.7. The van der Waals surface area contributed by atoms with Gasteiger partial charge in [-0.15, -0.1) is 0 Å². The summed E-state index contributed by atoms with van der Waals surface area (Å²) in [4.78, 5) is 12.1. The van der Waals surface area contributed by atoms with E-state index in [1.54, 1.807) is 0 Å². The largest absolute Gasteiger partial charge is 0.394 e. The van der Waals surface area contributed by atoms with Crippen LogP contribution in [0.25, 0.3) is 0 Å². The molecule has 1 saturated heterocycles. The number of ether oxygens (including phenoxy) is 1. The van der Waals surface area contributed by atoms with Gasteiger partial charge in [-0.25, -0.2) is 17.5 Å². The van der Waals surface area contributed by atoms with E-state index in [2.05, 4.69) is 10.0 Å². The summed E-state index contributed by atoms with van der Waals surface area (Å²) in [6, 6.07) is 4.19. The predicted octanol–water partition coefficient (Wildman–Crippen LogP) is 2.10. The molecule has 3 atom stereocenters. The second-order valence-electron chi connectivity index (χ2n) is 8.16. The first-order valence-corrected chi connectivity index (χ1v) is 12.2. The first kappa shape index (κ1) is 23.1. The average molecular weight is 443 g/mol. The molecule has 0 aromatic heterocycles. The molecule has 0 spiro atoms. The van der Waals surface area contributed by atoms with E-state index in [1.807, 2.05) is 0 Å². The first-order chi connectivity index (χ1) is 14.4. The molecule has 3 N–H and O–H groups in total. The third-order valence-corrected chi connectivity index (χ3v) is 7.44. The van der Waals surface area contributed by atoms with Gasteiger partial charge in [-0.05, 0) is 50.3 Å². The van der Waals surface area contributed by atoms with Crippen molar-refractivity contribution in [3.8, 4) is 0 Å². The number of aliphatic hydroxyl groups excluding tert-OH is 1. The maximum Gasteiger partial charge on any atom is 0.241 e. The van der Waals surface area contributed by atoms with E-state index in [0.29, 0.717) is 25.8 Å². The Hall–Kier alpha value is -1.55. The minimum atomic E-state index is -3.92. The van der Waals surface area contributed by atoms with Crippen LogP contribution >= 0.6 is 0 Å². The lowest BCUT2D eigenvalue weighted by molar-refractivity contribution is -0.126. The minimum Gasteiger partial charge on any atom is -0.394 e. The average Bonchev–Trinajstić information content (AvgIpc) is 2.75. The van der Waals surface area contributed by atoms with E-state index in [1.165, 1.54) is 24.6 Å². The Kier molecular flexibility index (Phi) is 8.21. The fourth-order valence-electron chi connectivity index (χ4n) is 4.25. The van der Waals surface area contributed by atoms with Crippen LogP contribution in [0.2, 0.25) is 0 Å². The SMILES string of the molecule is O=C(NCC[C@@H]1CC[C@H](NS(=O)(=O)c2cccc(F)c2)[C@H](CO)O1)C1CCCCC1. The molecular weight excluding hydrogens is 411 g/mol. The van der Waals surface area contributed by atoms with E-state index in [-0.39, 0.29) is 29.4 Å². The first-order valence-electron chi connectivity index (χ1n) is 10.7. The topological polar surface area (TPSA) is 105 Å². The van der Waals surface area contributed by atoms with Crippen molar-refractivity contribution in [1.82, 2.24) is 10.0 Å². The Morgan fingerprint density at radius 2 is 1.93 bits per heavy atom. The van der Waals surface area contributed by atoms with Gasteiger partial charge >= 0.3 is 0 Å². The maximum atomic E-state index is 13.4. The number of hydrogen-bond donors (Lipinski definition) is 3. The summed E-state index contributed by atoms with van der Waals surface area (Å²) in [5.74, 6) is -0.422. The molecule has 1 saturated carbocycles. The molecule has 1 aliphatic carbocycles. The van der Waals surface area contributed by atoms with Crippen LogP contribution in [0.3, 0.4) is 0 Å². The van der Waals surface area contributed by atoms with Crippen molar-refractivity contribution in [2.24, 2.45) is 5.92 Å². The molecule has 168 valence electrons. The number of aliphatic hydroxyl groups is 1. The monoisotopic (exact) mass is 442 g/mol. The standard InChI is InChI=1S/C21H31FN2O5S/c22-16-7-4-8-18(13-16)30(27,28)24-19-10-9-17(29-20(19)14-25)11-12-23-21(26)15-5-2-1-3-6-15/h4,7-8,13,15,17,19-20,24-25H,1-3,5-6,9-12,14H2,(H,23,26)/t17-,19-,20-/m0/s1. The molecule has 1 aromatic carbocycles. The number of hydrogen-bond acceptors (Lipinski definition) is 5. The highest BCUT2D eigenvalue weighted by molar-refractivity contribution is 7.89. The van der Waals surface area contributed by atoms with Gasteiger partial charge in [0.2, 0.25) is 15.9 Å². The zero-order valence-electron chi connectivity index (χ0n) is 17.1. The van der Waals surface area contributed by atoms with Crippen molar-refractivity contribution in [2.75, 3.05) is 13.2 Å². The van der Waals surface area contributed by atoms with Gasteiger partial charge in [0.25, 0.3) is 0 Å². The molecule has 2 fully saturated rings. The summed E-state index contributed by atoms with van der Waals surface area (Å²) in [6.07, 6.45) is 6.16. The van der Waals surface area contributed by atoms with Crippen LogP contribution in [0, 0.1) is 11.7 Å². The molecule has 2 aliphatic rings. The zero-order chi connectivity index (χ0) is 21.6. The molecule has 0 radical (unpaired) electrons. The highest BCUT2D eigenvalue weighted by Gasteiger charge is 2.34. The quantitative estimate of drug-likeness (QED) is 0.572. The molecule has 1 amide bonds. The summed E-state index contributed by atoms with van der Waals surface area (Å²) < 4.78 is 46.8. The van der Waals surface area contributed by atoms with Crippen molar-refractivity contribution >= 4 is 15.9 Å². The molecule has 1 heterocycles. The Labute approximate surface area is 177 Å². The van der Waals surface area contributed by atoms with Crippen molar-refractivity contribution in [1.29, 1.82) is 0 Å². The molecule has 7 nitrogen and oxygen atoms in total. The van der Waals surface area contributed by atoms with Gasteiger partial charge in [0.15, 0.2) is 0 Å². The molecule has 0 unspecified atom stereocenters. The van der Waals surface area contributed by atoms with E-state index in [9.17, 15) is 22.7 Å². The fourth-order valence-corrected chi connectivity index (χ4v) is 5.58. The predicted molar refractivity (Wildman–Crippen MR) is 110 cm³/mol. The van der Waals surface area contributed by atoms with E-state index in [4.69, 9.17) is 4.74 Å². The van der Waals surface area contributed by atoms with Gasteiger partial charge in [-0.3, -0.25) is 4.79 Å². The normalized spacial score (nSPS) is 25.7. The lowest BCUT2D eigenvalue weighted by atomic mass is 9.88. The molecule has 1 aromatic rings. The Bertz CT molecular complexity index is 813. The number of carbonyl (C=O) groups is 1. The van der Waals surface area contributed by atoms with Crippen LogP contribution in [-0.2, 0) is 19.6 Å². The van der Waals surface area contributed by atoms with Crippen molar-refractivity contribution < 1.29 is 27.4 Å². The molecule has 1 aliphatic heterocycles. The number of sulfonamides is 1. The van der Waals surface area contributed by atoms with Gasteiger partial charge in [-0.2, -0.15) is 0 Å². The van der Waals surface area contributed by atoms with Crippen LogP contribution < -0.4 is 10.0 Å². The van der Waals surface area contributed by atoms with Gasteiger partial charge < -0.3 is 15.2 Å². The van der Waals surface area contributed by atoms with Gasteiger partial charge in [0.1, 0.15) is 5.82 Å². The van der Waals surface area contributed by atoms with Gasteiger partial charge in [0, 0.05) is 12.5 Å². The van der Waals surface area contributed by atoms with E-state index >= 15 is 0 Å². The summed E-state index contributed by atoms with van der Waals surface area (Å²) >= 11 is 0. The highest BCUT2D eigenvalue weighted by Crippen LogP contribution is 2.25. The lowest BCUT2D eigenvalue weighted by Gasteiger charge is -2.36. The Balaban J connectivity index is 1.48. The molecule has 3 rings (SSSR count). The number of benzene rings is 1. The summed E-state index contributed by atoms with van der Waals surface area (Å²) in [7, 11) is -3.92. The Morgan fingerprint density at radius 3 is 2.63 bits per heavy atom. The summed E-state index contributed by atoms with van der Waals surface area (Å²) in [5.41, 5.74) is 0. The minimum absolute atomic E-state index is 0.102. The molecule has 0 bridgehead atoms. The maximum absolute atomic E-state index is 13.4. The van der Waals surface area contributed by atoms with Crippen molar-refractivity contribution in [3.63, 3.8) is 0 Å². The molecule has 30 heavy (non-hydrogen) atoms. The number of amides is 1. The van der Waals surface area contributed by atoms with E-state index in [0.717, 1.165) is 31.7 Å². The molecular formula is C21H31FN2O5S. The van der Waals surface area contributed by atoms with Crippen LogP contribution in [0.15, 0.2) is 29.2 Å². The van der Waals surface area contributed by atoms with Crippen LogP contribution in [0.5, 0.6) is 0 Å². The number of carbonyl (C=O) groups excluding carboxylic acids is 1. The summed E-state index contributed by atoms with van der Waals surface area (Å²) in [6.45, 7) is 0.166. The van der Waals surface area contributed by atoms with E-state index < -0.39 is 28.0 Å². The molecule has 9 heteroatoms. The van der Waals surface area contributed by atoms with Gasteiger partial charge in [0.05, 0.1) is 29.8 Å². The number of halogens is 1. The van der Waals surface area contributed by atoms with Crippen LogP contribution in [0.1, 0.15) is 51.4 Å². The smallest absolute Gasteiger partial charge is 0.241 e. The lowest BCUT2D eigenvalue weighted by Crippen LogP contribution is -2.51. The second-order valence-corrected chi connectivity index (χ2v) is 9.87. The third kappa shape index (κ3) is 6.23. The number of nitrogens with one attached hydrogen (secondary N) is 2. The third-order valence-electron chi connectivity index (χ3n) is 5.95.